The molecule has 0 aromatic rings. The van der Waals surface area contributed by atoms with E-state index in [0.29, 0.717) is 11.8 Å². The van der Waals surface area contributed by atoms with Gasteiger partial charge in [-0.25, -0.2) is 0 Å². The van der Waals surface area contributed by atoms with Gasteiger partial charge in [0.15, 0.2) is 0 Å². The SMILES string of the molecule is CC(C)(C)C1=COC2C=CC=CC2C1C(C)(C)C. The Morgan fingerprint density at radius 3 is 2.11 bits per heavy atom. The van der Waals surface area contributed by atoms with E-state index in [1.807, 2.05) is 6.26 Å². The van der Waals surface area contributed by atoms with Crippen molar-refractivity contribution in [2.24, 2.45) is 22.7 Å². The first-order chi connectivity index (χ1) is 8.21. The highest BCUT2D eigenvalue weighted by Crippen LogP contribution is 2.49. The predicted molar refractivity (Wildman–Crippen MR) is 77.1 cm³/mol. The zero-order valence-corrected chi connectivity index (χ0v) is 12.5. The first-order valence-corrected chi connectivity index (χ1v) is 6.92. The van der Waals surface area contributed by atoms with E-state index in [1.54, 1.807) is 0 Å². The van der Waals surface area contributed by atoms with E-state index in [4.69, 9.17) is 4.74 Å². The monoisotopic (exact) mass is 246 g/mol. The molecule has 0 N–H and O–H groups in total. The van der Waals surface area contributed by atoms with Crippen LogP contribution in [0.4, 0.5) is 0 Å². The molecule has 1 aliphatic carbocycles. The van der Waals surface area contributed by atoms with Crippen molar-refractivity contribution in [3.63, 3.8) is 0 Å². The molecule has 0 amide bonds. The maximum atomic E-state index is 5.95. The third kappa shape index (κ3) is 2.41. The molecule has 0 spiro atoms. The van der Waals surface area contributed by atoms with Gasteiger partial charge in [0, 0.05) is 5.92 Å². The van der Waals surface area contributed by atoms with Crippen molar-refractivity contribution >= 4 is 0 Å². The third-order valence-electron chi connectivity index (χ3n) is 4.00. The maximum Gasteiger partial charge on any atom is 0.123 e. The number of hydrogen-bond acceptors (Lipinski definition) is 1. The number of hydrogen-bond donors (Lipinski definition) is 0. The van der Waals surface area contributed by atoms with Gasteiger partial charge >= 0.3 is 0 Å². The van der Waals surface area contributed by atoms with Crippen LogP contribution in [-0.4, -0.2) is 6.10 Å². The van der Waals surface area contributed by atoms with Crippen molar-refractivity contribution in [2.45, 2.75) is 47.6 Å². The smallest absolute Gasteiger partial charge is 0.123 e. The van der Waals surface area contributed by atoms with Gasteiger partial charge in [-0.15, -0.1) is 0 Å². The van der Waals surface area contributed by atoms with Gasteiger partial charge in [-0.1, -0.05) is 59.8 Å². The van der Waals surface area contributed by atoms with E-state index in [1.165, 1.54) is 5.57 Å². The van der Waals surface area contributed by atoms with Crippen LogP contribution in [-0.2, 0) is 4.74 Å². The van der Waals surface area contributed by atoms with Gasteiger partial charge in [0.25, 0.3) is 0 Å². The molecule has 2 rings (SSSR count). The van der Waals surface area contributed by atoms with Crippen molar-refractivity contribution in [3.05, 3.63) is 36.1 Å². The predicted octanol–water partition coefficient (Wildman–Crippen LogP) is 4.72. The molecular formula is C17H26O. The zero-order chi connectivity index (χ0) is 13.6. The van der Waals surface area contributed by atoms with E-state index in [9.17, 15) is 0 Å². The standard InChI is InChI=1S/C17H26O/c1-16(2,3)13-11-18-14-10-8-7-9-12(14)15(13)17(4,5)6/h7-12,14-15H,1-6H3. The summed E-state index contributed by atoms with van der Waals surface area (Å²) in [4.78, 5) is 0. The van der Waals surface area contributed by atoms with Gasteiger partial charge in [0.1, 0.15) is 6.10 Å². The topological polar surface area (TPSA) is 9.23 Å². The molecule has 100 valence electrons. The minimum absolute atomic E-state index is 0.165. The Kier molecular flexibility index (Phi) is 3.21. The van der Waals surface area contributed by atoms with E-state index in [-0.39, 0.29) is 16.9 Å². The second kappa shape index (κ2) is 4.29. The van der Waals surface area contributed by atoms with Crippen LogP contribution in [0, 0.1) is 22.7 Å². The molecule has 1 nitrogen and oxygen atoms in total. The molecule has 0 bridgehead atoms. The Morgan fingerprint density at radius 1 is 0.944 bits per heavy atom. The summed E-state index contributed by atoms with van der Waals surface area (Å²) in [6.07, 6.45) is 11.0. The summed E-state index contributed by atoms with van der Waals surface area (Å²) in [6, 6.07) is 0. The summed E-state index contributed by atoms with van der Waals surface area (Å²) >= 11 is 0. The van der Waals surface area contributed by atoms with E-state index >= 15 is 0 Å². The van der Waals surface area contributed by atoms with Crippen molar-refractivity contribution < 1.29 is 4.74 Å². The third-order valence-corrected chi connectivity index (χ3v) is 4.00. The zero-order valence-electron chi connectivity index (χ0n) is 12.5. The molecule has 1 heterocycles. The Balaban J connectivity index is 2.45. The molecule has 0 aromatic carbocycles. The molecule has 0 saturated heterocycles. The van der Waals surface area contributed by atoms with E-state index in [0.717, 1.165) is 0 Å². The number of ether oxygens (including phenoxy) is 1. The summed E-state index contributed by atoms with van der Waals surface area (Å²) in [5.41, 5.74) is 1.86. The molecular weight excluding hydrogens is 220 g/mol. The molecule has 3 atom stereocenters. The van der Waals surface area contributed by atoms with Crippen LogP contribution in [0.3, 0.4) is 0 Å². The van der Waals surface area contributed by atoms with E-state index in [2.05, 4.69) is 65.8 Å². The lowest BCUT2D eigenvalue weighted by molar-refractivity contribution is 0.0442. The summed E-state index contributed by atoms with van der Waals surface area (Å²) in [7, 11) is 0. The number of allylic oxidation sites excluding steroid dienone is 3. The van der Waals surface area contributed by atoms with Gasteiger partial charge in [0.2, 0.25) is 0 Å². The molecule has 1 heteroatoms. The fourth-order valence-corrected chi connectivity index (χ4v) is 3.16. The highest BCUT2D eigenvalue weighted by Gasteiger charge is 2.44. The lowest BCUT2D eigenvalue weighted by Crippen LogP contribution is -2.42. The number of fused-ring (bicyclic) bond motifs is 1. The Hall–Kier alpha value is -0.980. The molecule has 18 heavy (non-hydrogen) atoms. The second-order valence-electron chi connectivity index (χ2n) is 7.61. The largest absolute Gasteiger partial charge is 0.493 e. The van der Waals surface area contributed by atoms with Crippen LogP contribution in [0.5, 0.6) is 0 Å². The van der Waals surface area contributed by atoms with Crippen LogP contribution in [0.1, 0.15) is 41.5 Å². The summed E-state index contributed by atoms with van der Waals surface area (Å²) in [5.74, 6) is 1.01. The summed E-state index contributed by atoms with van der Waals surface area (Å²) in [6.45, 7) is 13.9. The van der Waals surface area contributed by atoms with Crippen LogP contribution in [0.2, 0.25) is 0 Å². The first kappa shape index (κ1) is 13.5. The molecule has 0 saturated carbocycles. The Labute approximate surface area is 112 Å². The quantitative estimate of drug-likeness (QED) is 0.601. The normalized spacial score (nSPS) is 31.7. The lowest BCUT2D eigenvalue weighted by Gasteiger charge is -2.47. The van der Waals surface area contributed by atoms with Crippen LogP contribution >= 0.6 is 0 Å². The second-order valence-corrected chi connectivity index (χ2v) is 7.61. The minimum Gasteiger partial charge on any atom is -0.493 e. The Bertz CT molecular complexity index is 398. The van der Waals surface area contributed by atoms with Crippen LogP contribution in [0.15, 0.2) is 36.1 Å². The molecule has 3 unspecified atom stereocenters. The van der Waals surface area contributed by atoms with Crippen molar-refractivity contribution in [2.75, 3.05) is 0 Å². The van der Waals surface area contributed by atoms with Gasteiger partial charge < -0.3 is 4.74 Å². The molecule has 0 radical (unpaired) electrons. The van der Waals surface area contributed by atoms with Gasteiger partial charge in [-0.2, -0.15) is 0 Å². The fraction of sp³-hybridized carbons (Fsp3) is 0.647. The fourth-order valence-electron chi connectivity index (χ4n) is 3.16. The number of rotatable bonds is 0. The highest BCUT2D eigenvalue weighted by atomic mass is 16.5. The Morgan fingerprint density at radius 2 is 1.56 bits per heavy atom. The van der Waals surface area contributed by atoms with Gasteiger partial charge in [0.05, 0.1) is 6.26 Å². The van der Waals surface area contributed by atoms with Crippen molar-refractivity contribution in [3.8, 4) is 0 Å². The highest BCUT2D eigenvalue weighted by molar-refractivity contribution is 5.27. The van der Waals surface area contributed by atoms with Gasteiger partial charge in [-0.05, 0) is 28.4 Å². The van der Waals surface area contributed by atoms with Crippen molar-refractivity contribution in [1.29, 1.82) is 0 Å². The summed E-state index contributed by atoms with van der Waals surface area (Å²) < 4.78 is 5.95. The molecule has 1 aliphatic heterocycles. The first-order valence-electron chi connectivity index (χ1n) is 6.92. The minimum atomic E-state index is 0.165. The molecule has 0 aromatic heterocycles. The average Bonchev–Trinajstić information content (AvgIpc) is 2.24. The van der Waals surface area contributed by atoms with Crippen LogP contribution in [0.25, 0.3) is 0 Å². The van der Waals surface area contributed by atoms with E-state index < -0.39 is 0 Å². The molecule has 0 fully saturated rings. The maximum absolute atomic E-state index is 5.95. The lowest BCUT2D eigenvalue weighted by atomic mass is 9.61. The van der Waals surface area contributed by atoms with Gasteiger partial charge in [-0.3, -0.25) is 0 Å². The average molecular weight is 246 g/mol. The van der Waals surface area contributed by atoms with Crippen LogP contribution < -0.4 is 0 Å². The molecule has 2 aliphatic rings. The van der Waals surface area contributed by atoms with Crippen molar-refractivity contribution in [1.82, 2.24) is 0 Å². The summed E-state index contributed by atoms with van der Waals surface area (Å²) in [5, 5.41) is 0.